The number of rotatable bonds is 4. The molecule has 0 heterocycles. The molecule has 0 fully saturated rings. The molecule has 1 unspecified atom stereocenters. The van der Waals surface area contributed by atoms with Gasteiger partial charge in [0.2, 0.25) is 0 Å². The van der Waals surface area contributed by atoms with Crippen molar-refractivity contribution in [2.45, 2.75) is 19.4 Å². The molecule has 0 aliphatic carbocycles. The molecule has 0 spiro atoms. The van der Waals surface area contributed by atoms with Gasteiger partial charge in [0.15, 0.2) is 0 Å². The molecule has 2 nitrogen and oxygen atoms in total. The topological polar surface area (TPSA) is 29.5 Å². The summed E-state index contributed by atoms with van der Waals surface area (Å²) in [7, 11) is 1.65. The Morgan fingerprint density at radius 3 is 2.63 bits per heavy atom. The molecule has 1 N–H and O–H groups in total. The number of hydrogen-bond donors (Lipinski definition) is 1. The van der Waals surface area contributed by atoms with Crippen molar-refractivity contribution in [2.75, 3.05) is 7.11 Å². The Balaban J connectivity index is 2.23. The number of aryl methyl sites for hydroxylation is 1. The average molecular weight is 321 g/mol. The smallest absolute Gasteiger partial charge is 0.122 e. The van der Waals surface area contributed by atoms with E-state index in [0.717, 1.165) is 26.9 Å². The van der Waals surface area contributed by atoms with E-state index in [2.05, 4.69) is 15.9 Å². The molecule has 0 aliphatic heterocycles. The Hall–Kier alpha value is -1.32. The highest BCUT2D eigenvalue weighted by atomic mass is 79.9. The lowest BCUT2D eigenvalue weighted by molar-refractivity contribution is 0.176. The largest absolute Gasteiger partial charge is 0.496 e. The highest BCUT2D eigenvalue weighted by Crippen LogP contribution is 2.27. The first-order valence-electron chi connectivity index (χ1n) is 6.18. The zero-order chi connectivity index (χ0) is 13.8. The van der Waals surface area contributed by atoms with Crippen LogP contribution in [-0.2, 0) is 6.42 Å². The zero-order valence-electron chi connectivity index (χ0n) is 11.1. The molecule has 2 aromatic carbocycles. The van der Waals surface area contributed by atoms with E-state index >= 15 is 0 Å². The van der Waals surface area contributed by atoms with E-state index < -0.39 is 6.10 Å². The average Bonchev–Trinajstić information content (AvgIpc) is 2.39. The van der Waals surface area contributed by atoms with Crippen LogP contribution in [0.3, 0.4) is 0 Å². The zero-order valence-corrected chi connectivity index (χ0v) is 12.6. The van der Waals surface area contributed by atoms with Crippen LogP contribution in [-0.4, -0.2) is 12.2 Å². The van der Waals surface area contributed by atoms with Crippen LogP contribution in [0.15, 0.2) is 46.9 Å². The van der Waals surface area contributed by atoms with Crippen LogP contribution in [0.4, 0.5) is 0 Å². The molecular formula is C16H17BrO2. The highest BCUT2D eigenvalue weighted by molar-refractivity contribution is 9.10. The van der Waals surface area contributed by atoms with E-state index in [-0.39, 0.29) is 0 Å². The fourth-order valence-electron chi connectivity index (χ4n) is 2.20. The molecule has 2 rings (SSSR count). The van der Waals surface area contributed by atoms with E-state index in [1.165, 1.54) is 0 Å². The summed E-state index contributed by atoms with van der Waals surface area (Å²) in [5, 5.41) is 10.4. The van der Waals surface area contributed by atoms with Gasteiger partial charge in [0.05, 0.1) is 13.2 Å². The van der Waals surface area contributed by atoms with E-state index in [4.69, 9.17) is 4.74 Å². The molecule has 0 saturated carbocycles. The molecule has 19 heavy (non-hydrogen) atoms. The molecule has 1 atom stereocenters. The molecule has 0 aromatic heterocycles. The van der Waals surface area contributed by atoms with Gasteiger partial charge in [-0.15, -0.1) is 0 Å². The predicted molar refractivity (Wildman–Crippen MR) is 80.5 cm³/mol. The summed E-state index contributed by atoms with van der Waals surface area (Å²) >= 11 is 3.43. The third-order valence-corrected chi connectivity index (χ3v) is 3.69. The summed E-state index contributed by atoms with van der Waals surface area (Å²) < 4.78 is 6.34. The fraction of sp³-hybridized carbons (Fsp3) is 0.250. The summed E-state index contributed by atoms with van der Waals surface area (Å²) in [5.41, 5.74) is 3.05. The maximum absolute atomic E-state index is 10.4. The third kappa shape index (κ3) is 3.37. The monoisotopic (exact) mass is 320 g/mol. The SMILES string of the molecule is COc1ccccc1CC(O)c1ccc(Br)cc1C. The Labute approximate surface area is 122 Å². The molecule has 0 bridgehead atoms. The minimum atomic E-state index is -0.524. The van der Waals surface area contributed by atoms with Gasteiger partial charge in [-0.3, -0.25) is 0 Å². The van der Waals surface area contributed by atoms with Gasteiger partial charge in [-0.2, -0.15) is 0 Å². The van der Waals surface area contributed by atoms with Crippen molar-refractivity contribution in [1.29, 1.82) is 0 Å². The lowest BCUT2D eigenvalue weighted by Crippen LogP contribution is -2.05. The van der Waals surface area contributed by atoms with Gasteiger partial charge in [0.25, 0.3) is 0 Å². The van der Waals surface area contributed by atoms with Crippen LogP contribution in [0.1, 0.15) is 22.8 Å². The second-order valence-electron chi connectivity index (χ2n) is 4.53. The molecule has 2 aromatic rings. The number of para-hydroxylation sites is 1. The highest BCUT2D eigenvalue weighted by Gasteiger charge is 2.13. The maximum atomic E-state index is 10.4. The van der Waals surface area contributed by atoms with Crippen molar-refractivity contribution in [3.8, 4) is 5.75 Å². The van der Waals surface area contributed by atoms with Gasteiger partial charge in [-0.25, -0.2) is 0 Å². The van der Waals surface area contributed by atoms with Crippen molar-refractivity contribution in [3.63, 3.8) is 0 Å². The standard InChI is InChI=1S/C16H17BrO2/c1-11-9-13(17)7-8-14(11)15(18)10-12-5-3-4-6-16(12)19-2/h3-9,15,18H,10H2,1-2H3. The molecule has 100 valence electrons. The maximum Gasteiger partial charge on any atom is 0.122 e. The van der Waals surface area contributed by atoms with Crippen molar-refractivity contribution in [2.24, 2.45) is 0 Å². The number of benzene rings is 2. The summed E-state index contributed by atoms with van der Waals surface area (Å²) in [5.74, 6) is 0.816. The Kier molecular flexibility index (Phi) is 4.61. The Morgan fingerprint density at radius 2 is 1.95 bits per heavy atom. The summed E-state index contributed by atoms with van der Waals surface area (Å²) in [6.45, 7) is 2.01. The second kappa shape index (κ2) is 6.22. The quantitative estimate of drug-likeness (QED) is 0.921. The number of methoxy groups -OCH3 is 1. The van der Waals surface area contributed by atoms with Crippen LogP contribution in [0.25, 0.3) is 0 Å². The van der Waals surface area contributed by atoms with Gasteiger partial charge in [0.1, 0.15) is 5.75 Å². The van der Waals surface area contributed by atoms with Crippen LogP contribution >= 0.6 is 15.9 Å². The van der Waals surface area contributed by atoms with Crippen molar-refractivity contribution < 1.29 is 9.84 Å². The first kappa shape index (κ1) is 14.1. The molecule has 0 saturated heterocycles. The molecular weight excluding hydrogens is 304 g/mol. The van der Waals surface area contributed by atoms with Crippen LogP contribution < -0.4 is 4.74 Å². The summed E-state index contributed by atoms with van der Waals surface area (Å²) in [6, 6.07) is 13.7. The van der Waals surface area contributed by atoms with E-state index in [1.54, 1.807) is 7.11 Å². The number of aliphatic hydroxyl groups is 1. The lowest BCUT2D eigenvalue weighted by atomic mass is 9.97. The fourth-order valence-corrected chi connectivity index (χ4v) is 2.68. The first-order valence-corrected chi connectivity index (χ1v) is 6.97. The number of hydrogen-bond acceptors (Lipinski definition) is 2. The summed E-state index contributed by atoms with van der Waals surface area (Å²) in [4.78, 5) is 0. The van der Waals surface area contributed by atoms with Crippen LogP contribution in [0.2, 0.25) is 0 Å². The number of halogens is 1. The van der Waals surface area contributed by atoms with E-state index in [9.17, 15) is 5.11 Å². The van der Waals surface area contributed by atoms with Gasteiger partial charge < -0.3 is 9.84 Å². The number of aliphatic hydroxyl groups excluding tert-OH is 1. The normalized spacial score (nSPS) is 12.2. The molecule has 0 amide bonds. The van der Waals surface area contributed by atoms with Crippen LogP contribution in [0.5, 0.6) is 5.75 Å². The van der Waals surface area contributed by atoms with Crippen molar-refractivity contribution in [1.82, 2.24) is 0 Å². The van der Waals surface area contributed by atoms with Crippen LogP contribution in [0, 0.1) is 6.92 Å². The second-order valence-corrected chi connectivity index (χ2v) is 5.45. The molecule has 0 radical (unpaired) electrons. The number of ether oxygens (including phenoxy) is 1. The molecule has 3 heteroatoms. The van der Waals surface area contributed by atoms with Crippen molar-refractivity contribution in [3.05, 3.63) is 63.6 Å². The van der Waals surface area contributed by atoms with Gasteiger partial charge >= 0.3 is 0 Å². The lowest BCUT2D eigenvalue weighted by Gasteiger charge is -2.16. The first-order chi connectivity index (χ1) is 9.11. The molecule has 0 aliphatic rings. The van der Waals surface area contributed by atoms with E-state index in [1.807, 2.05) is 49.4 Å². The minimum Gasteiger partial charge on any atom is -0.496 e. The predicted octanol–water partition coefficient (Wildman–Crippen LogP) is 4.04. The Morgan fingerprint density at radius 1 is 1.21 bits per heavy atom. The van der Waals surface area contributed by atoms with Gasteiger partial charge in [-0.1, -0.05) is 40.2 Å². The van der Waals surface area contributed by atoms with Gasteiger partial charge in [-0.05, 0) is 41.8 Å². The minimum absolute atomic E-state index is 0.524. The van der Waals surface area contributed by atoms with Gasteiger partial charge in [0, 0.05) is 10.9 Å². The summed E-state index contributed by atoms with van der Waals surface area (Å²) in [6.07, 6.45) is 0.0244. The van der Waals surface area contributed by atoms with E-state index in [0.29, 0.717) is 6.42 Å². The third-order valence-electron chi connectivity index (χ3n) is 3.20. The Bertz CT molecular complexity index is 566. The van der Waals surface area contributed by atoms with Crippen molar-refractivity contribution >= 4 is 15.9 Å².